The van der Waals surface area contributed by atoms with Crippen LogP contribution in [0.2, 0.25) is 0 Å². The Morgan fingerprint density at radius 3 is 2.11 bits per heavy atom. The van der Waals surface area contributed by atoms with Gasteiger partial charge in [-0.15, -0.1) is 12.4 Å². The summed E-state index contributed by atoms with van der Waals surface area (Å²) in [4.78, 5) is 4.36. The van der Waals surface area contributed by atoms with E-state index < -0.39 is 0 Å². The molecule has 0 fully saturated rings. The van der Waals surface area contributed by atoms with Crippen molar-refractivity contribution in [3.8, 4) is 29.1 Å². The SMILES string of the molecule is COc1cc(Nc2c(C#N)cnc3c(OC)cccc23)cc(OC)c1OC.Cl. The van der Waals surface area contributed by atoms with Gasteiger partial charge in [0.1, 0.15) is 17.3 Å². The van der Waals surface area contributed by atoms with Crippen molar-refractivity contribution in [2.75, 3.05) is 33.8 Å². The summed E-state index contributed by atoms with van der Waals surface area (Å²) in [7, 11) is 6.23. The Kier molecular flexibility index (Phi) is 6.74. The zero-order chi connectivity index (χ0) is 19.4. The average Bonchev–Trinajstić information content (AvgIpc) is 2.72. The molecule has 0 aliphatic heterocycles. The van der Waals surface area contributed by atoms with Crippen molar-refractivity contribution < 1.29 is 18.9 Å². The Morgan fingerprint density at radius 1 is 0.929 bits per heavy atom. The normalized spacial score (nSPS) is 9.82. The molecule has 0 saturated carbocycles. The number of ether oxygens (including phenoxy) is 4. The van der Waals surface area contributed by atoms with Crippen molar-refractivity contribution in [3.63, 3.8) is 0 Å². The van der Waals surface area contributed by atoms with Gasteiger partial charge in [-0.1, -0.05) is 12.1 Å². The minimum absolute atomic E-state index is 0. The third kappa shape index (κ3) is 3.68. The summed E-state index contributed by atoms with van der Waals surface area (Å²) in [5, 5.41) is 13.6. The second kappa shape index (κ2) is 9.02. The Morgan fingerprint density at radius 2 is 1.57 bits per heavy atom. The smallest absolute Gasteiger partial charge is 0.203 e. The van der Waals surface area contributed by atoms with Crippen LogP contribution in [0.5, 0.6) is 23.0 Å². The van der Waals surface area contributed by atoms with Gasteiger partial charge in [0, 0.05) is 29.4 Å². The van der Waals surface area contributed by atoms with Crippen LogP contribution < -0.4 is 24.3 Å². The summed E-state index contributed by atoms with van der Waals surface area (Å²) in [6, 6.07) is 11.3. The molecule has 3 aromatic rings. The van der Waals surface area contributed by atoms with Gasteiger partial charge < -0.3 is 24.3 Å². The van der Waals surface area contributed by atoms with Gasteiger partial charge in [0.25, 0.3) is 0 Å². The predicted molar refractivity (Wildman–Crippen MR) is 110 cm³/mol. The van der Waals surface area contributed by atoms with Crippen LogP contribution >= 0.6 is 12.4 Å². The fourth-order valence-electron chi connectivity index (χ4n) is 2.88. The van der Waals surface area contributed by atoms with Gasteiger partial charge in [0.15, 0.2) is 11.5 Å². The highest BCUT2D eigenvalue weighted by atomic mass is 35.5. The quantitative estimate of drug-likeness (QED) is 0.658. The van der Waals surface area contributed by atoms with Crippen LogP contribution in [-0.2, 0) is 0 Å². The number of nitrogens with one attached hydrogen (secondary N) is 1. The Labute approximate surface area is 169 Å². The van der Waals surface area contributed by atoms with Crippen LogP contribution in [0.25, 0.3) is 10.9 Å². The van der Waals surface area contributed by atoms with Crippen molar-refractivity contribution >= 4 is 34.7 Å². The highest BCUT2D eigenvalue weighted by molar-refractivity contribution is 5.98. The van der Waals surface area contributed by atoms with Crippen LogP contribution in [0.3, 0.4) is 0 Å². The predicted octanol–water partition coefficient (Wildman–Crippen LogP) is 4.31. The number of nitrogens with zero attached hydrogens (tertiary/aromatic N) is 2. The lowest BCUT2D eigenvalue weighted by Crippen LogP contribution is -2.00. The molecule has 0 radical (unpaired) electrons. The van der Waals surface area contributed by atoms with Gasteiger partial charge >= 0.3 is 0 Å². The lowest BCUT2D eigenvalue weighted by Gasteiger charge is -2.17. The summed E-state index contributed by atoms with van der Waals surface area (Å²) in [5.74, 6) is 2.14. The molecular weight excluding hydrogens is 382 g/mol. The highest BCUT2D eigenvalue weighted by Crippen LogP contribution is 2.41. The monoisotopic (exact) mass is 401 g/mol. The Bertz CT molecular complexity index is 1010. The number of aromatic nitrogens is 1. The molecule has 0 bridgehead atoms. The first-order valence-electron chi connectivity index (χ1n) is 8.09. The van der Waals surface area contributed by atoms with Gasteiger partial charge in [-0.3, -0.25) is 4.98 Å². The number of fused-ring (bicyclic) bond motifs is 1. The van der Waals surface area contributed by atoms with Crippen LogP contribution in [0.15, 0.2) is 36.5 Å². The molecule has 0 saturated heterocycles. The summed E-state index contributed by atoms with van der Waals surface area (Å²) in [6.45, 7) is 0. The lowest BCUT2D eigenvalue weighted by molar-refractivity contribution is 0.324. The lowest BCUT2D eigenvalue weighted by atomic mass is 10.1. The first kappa shape index (κ1) is 20.9. The van der Waals surface area contributed by atoms with E-state index in [1.165, 1.54) is 6.20 Å². The number of hydrogen-bond donors (Lipinski definition) is 1. The molecule has 146 valence electrons. The van der Waals surface area contributed by atoms with E-state index in [2.05, 4.69) is 16.4 Å². The largest absolute Gasteiger partial charge is 0.494 e. The third-order valence-electron chi connectivity index (χ3n) is 4.13. The molecule has 1 heterocycles. The van der Waals surface area contributed by atoms with E-state index in [-0.39, 0.29) is 12.4 Å². The maximum Gasteiger partial charge on any atom is 0.203 e. The number of rotatable bonds is 6. The zero-order valence-corrected chi connectivity index (χ0v) is 16.7. The van der Waals surface area contributed by atoms with E-state index in [9.17, 15) is 5.26 Å². The van der Waals surface area contributed by atoms with Gasteiger partial charge in [-0.05, 0) is 6.07 Å². The number of halogens is 1. The number of nitriles is 1. The van der Waals surface area contributed by atoms with E-state index in [0.717, 1.165) is 5.39 Å². The second-order valence-corrected chi connectivity index (χ2v) is 5.55. The molecule has 0 atom stereocenters. The first-order chi connectivity index (χ1) is 13.2. The molecule has 0 amide bonds. The summed E-state index contributed by atoms with van der Waals surface area (Å²) in [6.07, 6.45) is 1.52. The topological polar surface area (TPSA) is 85.6 Å². The van der Waals surface area contributed by atoms with Gasteiger partial charge in [0.2, 0.25) is 5.75 Å². The Hall–Kier alpha value is -3.37. The highest BCUT2D eigenvalue weighted by Gasteiger charge is 2.16. The zero-order valence-electron chi connectivity index (χ0n) is 15.9. The minimum atomic E-state index is 0. The number of para-hydroxylation sites is 1. The van der Waals surface area contributed by atoms with Crippen molar-refractivity contribution in [1.82, 2.24) is 4.98 Å². The molecule has 3 rings (SSSR count). The first-order valence-corrected chi connectivity index (χ1v) is 8.09. The molecule has 0 aliphatic carbocycles. The van der Waals surface area contributed by atoms with Crippen molar-refractivity contribution in [2.24, 2.45) is 0 Å². The van der Waals surface area contributed by atoms with Gasteiger partial charge in [0.05, 0.1) is 39.7 Å². The number of hydrogen-bond acceptors (Lipinski definition) is 7. The van der Waals surface area contributed by atoms with Crippen molar-refractivity contribution in [2.45, 2.75) is 0 Å². The van der Waals surface area contributed by atoms with E-state index in [0.29, 0.717) is 45.5 Å². The van der Waals surface area contributed by atoms with Crippen molar-refractivity contribution in [3.05, 3.63) is 42.1 Å². The Balaban J connectivity index is 0.00000280. The van der Waals surface area contributed by atoms with E-state index in [4.69, 9.17) is 18.9 Å². The fourth-order valence-corrected chi connectivity index (χ4v) is 2.88. The molecule has 0 spiro atoms. The average molecular weight is 402 g/mol. The molecule has 7 nitrogen and oxygen atoms in total. The van der Waals surface area contributed by atoms with Crippen LogP contribution in [0.4, 0.5) is 11.4 Å². The van der Waals surface area contributed by atoms with Crippen molar-refractivity contribution in [1.29, 1.82) is 5.26 Å². The molecular formula is C20H20ClN3O4. The number of anilines is 2. The maximum absolute atomic E-state index is 9.54. The number of pyridine rings is 1. The van der Waals surface area contributed by atoms with Gasteiger partial charge in [-0.2, -0.15) is 5.26 Å². The molecule has 28 heavy (non-hydrogen) atoms. The molecule has 2 aromatic carbocycles. The van der Waals surface area contributed by atoms with E-state index in [1.807, 2.05) is 18.2 Å². The van der Waals surface area contributed by atoms with E-state index in [1.54, 1.807) is 40.6 Å². The summed E-state index contributed by atoms with van der Waals surface area (Å²) >= 11 is 0. The third-order valence-corrected chi connectivity index (χ3v) is 4.13. The standard InChI is InChI=1S/C20H19N3O4.ClH/c1-24-15-7-5-6-14-18(12(10-21)11-22-19(14)15)23-13-8-16(25-2)20(27-4)17(9-13)26-3;/h5-9,11H,1-4H3,(H,22,23);1H. The fraction of sp³-hybridized carbons (Fsp3) is 0.200. The number of methoxy groups -OCH3 is 4. The molecule has 1 aromatic heterocycles. The van der Waals surface area contributed by atoms with Crippen LogP contribution in [-0.4, -0.2) is 33.4 Å². The van der Waals surface area contributed by atoms with Crippen LogP contribution in [0.1, 0.15) is 5.56 Å². The van der Waals surface area contributed by atoms with Crippen LogP contribution in [0, 0.1) is 11.3 Å². The second-order valence-electron chi connectivity index (χ2n) is 5.55. The van der Waals surface area contributed by atoms with Gasteiger partial charge in [-0.25, -0.2) is 0 Å². The maximum atomic E-state index is 9.54. The number of benzene rings is 2. The molecule has 0 aliphatic rings. The molecule has 0 unspecified atom stereocenters. The molecule has 8 heteroatoms. The minimum Gasteiger partial charge on any atom is -0.494 e. The van der Waals surface area contributed by atoms with E-state index >= 15 is 0 Å². The summed E-state index contributed by atoms with van der Waals surface area (Å²) < 4.78 is 21.5. The molecule has 1 N–H and O–H groups in total. The summed E-state index contributed by atoms with van der Waals surface area (Å²) in [5.41, 5.74) is 2.37.